The van der Waals surface area contributed by atoms with Crippen LogP contribution in [-0.2, 0) is 14.8 Å². The summed E-state index contributed by atoms with van der Waals surface area (Å²) in [5.41, 5.74) is 0. The summed E-state index contributed by atoms with van der Waals surface area (Å²) in [4.78, 5) is 0. The lowest BCUT2D eigenvalue weighted by Crippen LogP contribution is -2.43. The van der Waals surface area contributed by atoms with Crippen LogP contribution in [0.5, 0.6) is 0 Å². The maximum absolute atomic E-state index is 12.1. The molecule has 0 aliphatic heterocycles. The number of hydrogen-bond acceptors (Lipinski definition) is 3. The summed E-state index contributed by atoms with van der Waals surface area (Å²) in [6, 6.07) is 0.198. The van der Waals surface area contributed by atoms with Crippen molar-refractivity contribution in [1.29, 1.82) is 0 Å². The van der Waals surface area contributed by atoms with Crippen molar-refractivity contribution in [1.82, 2.24) is 4.72 Å². The van der Waals surface area contributed by atoms with Gasteiger partial charge in [0.15, 0.2) is 0 Å². The maximum Gasteiger partial charge on any atom is 0.214 e. The Balaban J connectivity index is 1.54. The highest BCUT2D eigenvalue weighted by Gasteiger charge is 2.54. The van der Waals surface area contributed by atoms with Crippen molar-refractivity contribution in [2.75, 3.05) is 12.4 Å². The first-order valence-corrected chi connectivity index (χ1v) is 9.73. The minimum absolute atomic E-state index is 0.0898. The van der Waals surface area contributed by atoms with E-state index in [1.54, 1.807) is 0 Å². The summed E-state index contributed by atoms with van der Waals surface area (Å²) in [5, 5.41) is 0. The molecule has 3 aliphatic rings. The molecule has 0 aromatic carbocycles. The molecule has 0 saturated heterocycles. The standard InChI is InChI=1S/C15H27NO3S/c1-10(2)19-6-7-20(17,18)16-15-9-11-8-14(15)13-5-3-4-12(11)13/h10-16H,3-9H2,1-2H3/t11-,12-,13-,14+,15-/m1/s1. The lowest BCUT2D eigenvalue weighted by Gasteiger charge is -2.31. The van der Waals surface area contributed by atoms with E-state index in [1.807, 2.05) is 13.8 Å². The van der Waals surface area contributed by atoms with Crippen molar-refractivity contribution in [3.63, 3.8) is 0 Å². The van der Waals surface area contributed by atoms with Gasteiger partial charge in [0.25, 0.3) is 0 Å². The zero-order chi connectivity index (χ0) is 14.3. The zero-order valence-electron chi connectivity index (χ0n) is 12.5. The van der Waals surface area contributed by atoms with Crippen LogP contribution in [0.15, 0.2) is 0 Å². The van der Waals surface area contributed by atoms with Crippen molar-refractivity contribution in [3.8, 4) is 0 Å². The van der Waals surface area contributed by atoms with Crippen LogP contribution in [-0.4, -0.2) is 32.9 Å². The van der Waals surface area contributed by atoms with Gasteiger partial charge in [0, 0.05) is 6.04 Å². The zero-order valence-corrected chi connectivity index (χ0v) is 13.4. The molecule has 4 nitrogen and oxygen atoms in total. The fourth-order valence-electron chi connectivity index (χ4n) is 4.89. The van der Waals surface area contributed by atoms with Gasteiger partial charge in [-0.1, -0.05) is 6.42 Å². The fourth-order valence-corrected chi connectivity index (χ4v) is 6.05. The Hall–Kier alpha value is -0.130. The SMILES string of the molecule is CC(C)OCCS(=O)(=O)N[C@@H]1C[C@H]2C[C@H]1[C@@H]1CCC[C@H]21. The van der Waals surface area contributed by atoms with Gasteiger partial charge in [-0.15, -0.1) is 0 Å². The van der Waals surface area contributed by atoms with E-state index in [0.717, 1.165) is 24.2 Å². The Morgan fingerprint density at radius 3 is 2.65 bits per heavy atom. The first-order chi connectivity index (χ1) is 9.46. The van der Waals surface area contributed by atoms with Gasteiger partial charge in [-0.2, -0.15) is 0 Å². The summed E-state index contributed by atoms with van der Waals surface area (Å²) in [5.74, 6) is 3.19. The molecule has 1 N–H and O–H groups in total. The van der Waals surface area contributed by atoms with Crippen molar-refractivity contribution in [3.05, 3.63) is 0 Å². The molecule has 0 amide bonds. The van der Waals surface area contributed by atoms with Gasteiger partial charge in [0.05, 0.1) is 18.5 Å². The van der Waals surface area contributed by atoms with E-state index >= 15 is 0 Å². The molecule has 116 valence electrons. The van der Waals surface area contributed by atoms with Crippen LogP contribution in [0.1, 0.15) is 46.0 Å². The Morgan fingerprint density at radius 1 is 1.15 bits per heavy atom. The van der Waals surface area contributed by atoms with Gasteiger partial charge in [0.2, 0.25) is 10.0 Å². The van der Waals surface area contributed by atoms with Gasteiger partial charge in [0.1, 0.15) is 0 Å². The van der Waals surface area contributed by atoms with Crippen LogP contribution in [0.25, 0.3) is 0 Å². The van der Waals surface area contributed by atoms with Gasteiger partial charge in [-0.05, 0) is 63.2 Å². The highest BCUT2D eigenvalue weighted by molar-refractivity contribution is 7.89. The van der Waals surface area contributed by atoms with Crippen molar-refractivity contribution >= 4 is 10.0 Å². The van der Waals surface area contributed by atoms with Gasteiger partial charge in [-0.3, -0.25) is 0 Å². The van der Waals surface area contributed by atoms with Crippen LogP contribution < -0.4 is 4.72 Å². The number of nitrogens with one attached hydrogen (secondary N) is 1. The number of rotatable bonds is 6. The first kappa shape index (κ1) is 14.8. The molecule has 3 fully saturated rings. The van der Waals surface area contributed by atoms with Crippen molar-refractivity contribution < 1.29 is 13.2 Å². The molecule has 3 saturated carbocycles. The van der Waals surface area contributed by atoms with Crippen LogP contribution in [0.4, 0.5) is 0 Å². The fraction of sp³-hybridized carbons (Fsp3) is 1.00. The van der Waals surface area contributed by atoms with E-state index in [2.05, 4.69) is 4.72 Å². The van der Waals surface area contributed by atoms with Crippen LogP contribution in [0.2, 0.25) is 0 Å². The average molecular weight is 301 g/mol. The van der Waals surface area contributed by atoms with Crippen LogP contribution in [0, 0.1) is 23.7 Å². The van der Waals surface area contributed by atoms with Gasteiger partial charge < -0.3 is 4.74 Å². The summed E-state index contributed by atoms with van der Waals surface area (Å²) < 4.78 is 32.6. The molecule has 20 heavy (non-hydrogen) atoms. The van der Waals surface area contributed by atoms with Crippen molar-refractivity contribution in [2.45, 2.75) is 58.1 Å². The van der Waals surface area contributed by atoms with E-state index in [-0.39, 0.29) is 17.9 Å². The molecule has 0 spiro atoms. The summed E-state index contributed by atoms with van der Waals surface area (Å²) in [7, 11) is -3.19. The molecule has 0 heterocycles. The summed E-state index contributed by atoms with van der Waals surface area (Å²) in [6.45, 7) is 4.15. The maximum atomic E-state index is 12.1. The molecule has 3 aliphatic carbocycles. The largest absolute Gasteiger partial charge is 0.378 e. The second kappa shape index (κ2) is 5.58. The Bertz CT molecular complexity index is 448. The Labute approximate surface area is 122 Å². The van der Waals surface area contributed by atoms with E-state index < -0.39 is 10.0 Å². The highest BCUT2D eigenvalue weighted by Crippen LogP contribution is 2.58. The third kappa shape index (κ3) is 2.90. The molecule has 0 aromatic heterocycles. The predicted molar refractivity (Wildman–Crippen MR) is 78.8 cm³/mol. The molecule has 2 bridgehead atoms. The monoisotopic (exact) mass is 301 g/mol. The smallest absolute Gasteiger partial charge is 0.214 e. The quantitative estimate of drug-likeness (QED) is 0.818. The van der Waals surface area contributed by atoms with Crippen LogP contribution >= 0.6 is 0 Å². The highest BCUT2D eigenvalue weighted by atomic mass is 32.2. The molecular weight excluding hydrogens is 274 g/mol. The number of hydrogen-bond donors (Lipinski definition) is 1. The molecule has 5 heteroatoms. The first-order valence-electron chi connectivity index (χ1n) is 8.08. The number of fused-ring (bicyclic) bond motifs is 5. The summed E-state index contributed by atoms with van der Waals surface area (Å²) in [6.07, 6.45) is 6.46. The molecule has 0 unspecified atom stereocenters. The minimum atomic E-state index is -3.19. The number of sulfonamides is 1. The molecule has 5 atom stereocenters. The molecular formula is C15H27NO3S. The van der Waals surface area contributed by atoms with E-state index in [4.69, 9.17) is 4.74 Å². The second-order valence-electron chi connectivity index (χ2n) is 7.12. The lowest BCUT2D eigenvalue weighted by atomic mass is 9.79. The van der Waals surface area contributed by atoms with E-state index in [0.29, 0.717) is 12.5 Å². The third-order valence-corrected chi connectivity index (χ3v) is 6.93. The van der Waals surface area contributed by atoms with E-state index in [9.17, 15) is 8.42 Å². The molecule has 0 aromatic rings. The second-order valence-corrected chi connectivity index (χ2v) is 8.99. The lowest BCUT2D eigenvalue weighted by molar-refractivity contribution is 0.0910. The van der Waals surface area contributed by atoms with E-state index in [1.165, 1.54) is 25.7 Å². The third-order valence-electron chi connectivity index (χ3n) is 5.56. The normalized spacial score (nSPS) is 39.6. The Morgan fingerprint density at radius 2 is 1.90 bits per heavy atom. The predicted octanol–water partition coefficient (Wildman–Crippen LogP) is 2.16. The Kier molecular flexibility index (Phi) is 4.13. The molecule has 0 radical (unpaired) electrons. The topological polar surface area (TPSA) is 55.4 Å². The molecule has 3 rings (SSSR count). The summed E-state index contributed by atoms with van der Waals surface area (Å²) >= 11 is 0. The van der Waals surface area contributed by atoms with Gasteiger partial charge in [-0.25, -0.2) is 13.1 Å². The van der Waals surface area contributed by atoms with Crippen LogP contribution in [0.3, 0.4) is 0 Å². The van der Waals surface area contributed by atoms with Gasteiger partial charge >= 0.3 is 0 Å². The average Bonchev–Trinajstić information content (AvgIpc) is 2.97. The minimum Gasteiger partial charge on any atom is -0.378 e. The van der Waals surface area contributed by atoms with Crippen molar-refractivity contribution in [2.24, 2.45) is 23.7 Å². The number of ether oxygens (including phenoxy) is 1.